The van der Waals surface area contributed by atoms with E-state index in [-0.39, 0.29) is 5.82 Å². The molecule has 0 unspecified atom stereocenters. The lowest BCUT2D eigenvalue weighted by atomic mass is 10.0. The first kappa shape index (κ1) is 15.7. The fourth-order valence-corrected chi connectivity index (χ4v) is 3.75. The van der Waals surface area contributed by atoms with Crippen LogP contribution >= 0.6 is 0 Å². The van der Waals surface area contributed by atoms with Crippen LogP contribution in [-0.4, -0.2) is 71.1 Å². The molecule has 2 aliphatic rings. The number of halogens is 1. The number of aromatic nitrogens is 2. The lowest BCUT2D eigenvalue weighted by Gasteiger charge is -2.49. The molecule has 2 aromatic rings. The van der Waals surface area contributed by atoms with Crippen LogP contribution in [0.2, 0.25) is 0 Å². The Kier molecular flexibility index (Phi) is 4.10. The molecule has 0 atom stereocenters. The van der Waals surface area contributed by atoms with Crippen LogP contribution in [0.5, 0.6) is 0 Å². The second-order valence-electron chi connectivity index (χ2n) is 7.08. The summed E-state index contributed by atoms with van der Waals surface area (Å²) in [7, 11) is 0. The maximum absolute atomic E-state index is 13.4. The van der Waals surface area contributed by atoms with E-state index >= 15 is 0 Å². The summed E-state index contributed by atoms with van der Waals surface area (Å²) in [6.07, 6.45) is 1.53. The first-order valence-electron chi connectivity index (χ1n) is 8.75. The van der Waals surface area contributed by atoms with Gasteiger partial charge >= 0.3 is 0 Å². The zero-order chi connectivity index (χ0) is 16.7. The van der Waals surface area contributed by atoms with E-state index in [0.29, 0.717) is 17.6 Å². The number of anilines is 1. The minimum atomic E-state index is -0.253. The molecule has 1 aromatic carbocycles. The van der Waals surface area contributed by atoms with Gasteiger partial charge < -0.3 is 4.90 Å². The summed E-state index contributed by atoms with van der Waals surface area (Å²) in [5, 5.41) is 0.932. The van der Waals surface area contributed by atoms with Gasteiger partial charge in [-0.15, -0.1) is 0 Å². The third-order valence-electron chi connectivity index (χ3n) is 5.33. The summed E-state index contributed by atoms with van der Waals surface area (Å²) in [5.74, 6) is 0.675. The number of fused-ring (bicyclic) bond motifs is 1. The van der Waals surface area contributed by atoms with E-state index in [0.717, 1.165) is 50.5 Å². The molecule has 2 aliphatic heterocycles. The third-order valence-corrected chi connectivity index (χ3v) is 5.33. The summed E-state index contributed by atoms with van der Waals surface area (Å²) in [6.45, 7) is 11.1. The van der Waals surface area contributed by atoms with Crippen LogP contribution in [0.3, 0.4) is 0 Å². The van der Waals surface area contributed by atoms with Gasteiger partial charge in [0.2, 0.25) is 0 Å². The Morgan fingerprint density at radius 1 is 1.08 bits per heavy atom. The van der Waals surface area contributed by atoms with E-state index in [1.807, 2.05) is 0 Å². The number of benzene rings is 1. The molecule has 6 heteroatoms. The van der Waals surface area contributed by atoms with Crippen molar-refractivity contribution < 1.29 is 4.39 Å². The average molecular weight is 329 g/mol. The number of hydrogen-bond donors (Lipinski definition) is 0. The van der Waals surface area contributed by atoms with Crippen molar-refractivity contribution in [3.63, 3.8) is 0 Å². The lowest BCUT2D eigenvalue weighted by Crippen LogP contribution is -2.63. The van der Waals surface area contributed by atoms with Crippen molar-refractivity contribution in [3.05, 3.63) is 30.3 Å². The molecule has 0 radical (unpaired) electrons. The van der Waals surface area contributed by atoms with Gasteiger partial charge in [-0.05, 0) is 26.0 Å². The molecule has 24 heavy (non-hydrogen) atoms. The van der Waals surface area contributed by atoms with Crippen LogP contribution in [0.15, 0.2) is 24.5 Å². The van der Waals surface area contributed by atoms with Gasteiger partial charge in [-0.3, -0.25) is 9.80 Å². The van der Waals surface area contributed by atoms with Crippen molar-refractivity contribution in [1.29, 1.82) is 0 Å². The van der Waals surface area contributed by atoms with E-state index in [2.05, 4.69) is 38.5 Å². The van der Waals surface area contributed by atoms with Gasteiger partial charge in [-0.1, -0.05) is 0 Å². The highest BCUT2D eigenvalue weighted by atomic mass is 19.1. The van der Waals surface area contributed by atoms with Crippen molar-refractivity contribution in [2.45, 2.75) is 25.9 Å². The number of nitrogens with zero attached hydrogens (tertiary/aromatic N) is 5. The SMILES string of the molecule is CC(C)N1CCN(C2CN(c3ncnc4cc(F)ccc34)C2)CC1. The molecule has 0 saturated carbocycles. The van der Waals surface area contributed by atoms with Crippen molar-refractivity contribution >= 4 is 16.7 Å². The largest absolute Gasteiger partial charge is 0.353 e. The maximum atomic E-state index is 13.4. The Labute approximate surface area is 142 Å². The van der Waals surface area contributed by atoms with Crippen molar-refractivity contribution in [1.82, 2.24) is 19.8 Å². The van der Waals surface area contributed by atoms with Gasteiger partial charge in [0.25, 0.3) is 0 Å². The van der Waals surface area contributed by atoms with E-state index < -0.39 is 0 Å². The minimum Gasteiger partial charge on any atom is -0.353 e. The van der Waals surface area contributed by atoms with Crippen LogP contribution < -0.4 is 4.90 Å². The monoisotopic (exact) mass is 329 g/mol. The minimum absolute atomic E-state index is 0.253. The summed E-state index contributed by atoms with van der Waals surface area (Å²) >= 11 is 0. The van der Waals surface area contributed by atoms with Crippen LogP contribution in [0.4, 0.5) is 10.2 Å². The van der Waals surface area contributed by atoms with Gasteiger partial charge in [-0.2, -0.15) is 0 Å². The molecular weight excluding hydrogens is 305 g/mol. The lowest BCUT2D eigenvalue weighted by molar-refractivity contribution is 0.0677. The second kappa shape index (κ2) is 6.26. The van der Waals surface area contributed by atoms with E-state index in [1.165, 1.54) is 18.5 Å². The molecule has 2 fully saturated rings. The van der Waals surface area contributed by atoms with Crippen LogP contribution in [-0.2, 0) is 0 Å². The van der Waals surface area contributed by atoms with E-state index in [1.54, 1.807) is 6.07 Å². The highest BCUT2D eigenvalue weighted by molar-refractivity contribution is 5.89. The third kappa shape index (κ3) is 2.84. The molecule has 3 heterocycles. The number of rotatable bonds is 3. The van der Waals surface area contributed by atoms with Gasteiger partial charge in [0, 0.05) is 62.8 Å². The Morgan fingerprint density at radius 3 is 2.54 bits per heavy atom. The van der Waals surface area contributed by atoms with Crippen LogP contribution in [0, 0.1) is 5.82 Å². The van der Waals surface area contributed by atoms with Gasteiger partial charge in [0.1, 0.15) is 18.0 Å². The molecule has 0 amide bonds. The summed E-state index contributed by atoms with van der Waals surface area (Å²) in [4.78, 5) is 16.0. The first-order valence-corrected chi connectivity index (χ1v) is 8.75. The molecule has 2 saturated heterocycles. The fraction of sp³-hybridized carbons (Fsp3) is 0.556. The number of piperazine rings is 1. The van der Waals surface area contributed by atoms with Gasteiger partial charge in [0.05, 0.1) is 5.52 Å². The van der Waals surface area contributed by atoms with Crippen LogP contribution in [0.25, 0.3) is 10.9 Å². The van der Waals surface area contributed by atoms with Crippen molar-refractivity contribution in [3.8, 4) is 0 Å². The van der Waals surface area contributed by atoms with E-state index in [9.17, 15) is 4.39 Å². The fourth-order valence-electron chi connectivity index (χ4n) is 3.75. The highest BCUT2D eigenvalue weighted by Gasteiger charge is 2.35. The average Bonchev–Trinajstić information content (AvgIpc) is 2.54. The van der Waals surface area contributed by atoms with Crippen molar-refractivity contribution in [2.75, 3.05) is 44.2 Å². The molecule has 0 N–H and O–H groups in total. The molecular formula is C18H24FN5. The van der Waals surface area contributed by atoms with E-state index in [4.69, 9.17) is 0 Å². The molecule has 128 valence electrons. The highest BCUT2D eigenvalue weighted by Crippen LogP contribution is 2.29. The maximum Gasteiger partial charge on any atom is 0.139 e. The first-order chi connectivity index (χ1) is 11.6. The van der Waals surface area contributed by atoms with Gasteiger partial charge in [-0.25, -0.2) is 14.4 Å². The molecule has 0 aliphatic carbocycles. The zero-order valence-corrected chi connectivity index (χ0v) is 14.3. The topological polar surface area (TPSA) is 35.5 Å². The Bertz CT molecular complexity index is 720. The Hall–Kier alpha value is -1.79. The summed E-state index contributed by atoms with van der Waals surface area (Å²) in [5.41, 5.74) is 0.675. The zero-order valence-electron chi connectivity index (χ0n) is 14.3. The second-order valence-corrected chi connectivity index (χ2v) is 7.08. The number of hydrogen-bond acceptors (Lipinski definition) is 5. The van der Waals surface area contributed by atoms with Gasteiger partial charge in [0.15, 0.2) is 0 Å². The predicted molar refractivity (Wildman–Crippen MR) is 93.8 cm³/mol. The smallest absolute Gasteiger partial charge is 0.139 e. The Morgan fingerprint density at radius 2 is 1.83 bits per heavy atom. The quantitative estimate of drug-likeness (QED) is 0.860. The predicted octanol–water partition coefficient (Wildman–Crippen LogP) is 1.98. The molecule has 0 bridgehead atoms. The summed E-state index contributed by atoms with van der Waals surface area (Å²) in [6, 6.07) is 5.98. The molecule has 4 rings (SSSR count). The molecule has 0 spiro atoms. The normalized spacial score (nSPS) is 20.8. The summed E-state index contributed by atoms with van der Waals surface area (Å²) < 4.78 is 13.4. The van der Waals surface area contributed by atoms with Crippen molar-refractivity contribution in [2.24, 2.45) is 0 Å². The molecule has 1 aromatic heterocycles. The Balaban J connectivity index is 1.41. The van der Waals surface area contributed by atoms with Crippen LogP contribution in [0.1, 0.15) is 13.8 Å². The standard InChI is InChI=1S/C18H24FN5/c1-13(2)22-5-7-23(8-6-22)15-10-24(11-15)18-16-4-3-14(19)9-17(16)20-12-21-18/h3-4,9,12-13,15H,5-8,10-11H2,1-2H3. The molecule has 5 nitrogen and oxygen atoms in total.